The molecule has 0 saturated carbocycles. The minimum atomic E-state index is -0.881. The lowest BCUT2D eigenvalue weighted by Gasteiger charge is -2.31. The summed E-state index contributed by atoms with van der Waals surface area (Å²) in [5, 5.41) is 9.55. The Labute approximate surface area is 275 Å². The summed E-state index contributed by atoms with van der Waals surface area (Å²) in [6.45, 7) is 4.61. The van der Waals surface area contributed by atoms with E-state index in [1.54, 1.807) is 0 Å². The van der Waals surface area contributed by atoms with Gasteiger partial charge in [0.05, 0.1) is 34.4 Å². The highest BCUT2D eigenvalue weighted by Crippen LogP contribution is 2.12. The van der Waals surface area contributed by atoms with Gasteiger partial charge in [0.25, 0.3) is 0 Å². The van der Waals surface area contributed by atoms with Crippen molar-refractivity contribution in [3.05, 3.63) is 24.3 Å². The number of carboxylic acids is 1. The highest BCUT2D eigenvalue weighted by molar-refractivity contribution is 5.72. The number of unbranched alkanes of at least 4 members (excludes halogenated alkanes) is 13. The molecule has 2 atom stereocenters. The highest BCUT2D eigenvalue weighted by Gasteiger charge is 2.31. The van der Waals surface area contributed by atoms with Crippen LogP contribution in [0, 0.1) is 0 Å². The number of quaternary nitrogens is 1. The van der Waals surface area contributed by atoms with Crippen LogP contribution in [0.2, 0.25) is 0 Å². The summed E-state index contributed by atoms with van der Waals surface area (Å²) < 4.78 is 17.1. The fourth-order valence-electron chi connectivity index (χ4n) is 4.97. The van der Waals surface area contributed by atoms with Gasteiger partial charge in [0.2, 0.25) is 0 Å². The second kappa shape index (κ2) is 29.2. The van der Waals surface area contributed by atoms with Crippen LogP contribution in [0.1, 0.15) is 142 Å². The first-order chi connectivity index (χ1) is 21.6. The van der Waals surface area contributed by atoms with Gasteiger partial charge in [-0.1, -0.05) is 89.5 Å². The van der Waals surface area contributed by atoms with E-state index in [-0.39, 0.29) is 36.2 Å². The first-order valence-electron chi connectivity index (χ1n) is 17.9. The molecule has 0 fully saturated rings. The fraction of sp³-hybridized carbons (Fsp3) is 0.811. The average Bonchev–Trinajstić information content (AvgIpc) is 2.98. The molecule has 8 heteroatoms. The number of rotatable bonds is 31. The Bertz CT molecular complexity index is 803. The molecule has 0 aromatic heterocycles. The molecule has 0 radical (unpaired) electrons. The van der Waals surface area contributed by atoms with Crippen LogP contribution < -0.4 is 0 Å². The van der Waals surface area contributed by atoms with Crippen LogP contribution in [0.5, 0.6) is 0 Å². The predicted octanol–water partition coefficient (Wildman–Crippen LogP) is 8.57. The molecule has 2 unspecified atom stereocenters. The van der Waals surface area contributed by atoms with Crippen LogP contribution in [-0.2, 0) is 28.6 Å². The molecule has 0 saturated heterocycles. The number of likely N-dealkylation sites (N-methyl/N-ethyl adjacent to an activating group) is 1. The van der Waals surface area contributed by atoms with E-state index in [1.165, 1.54) is 57.8 Å². The third kappa shape index (κ3) is 27.8. The maximum atomic E-state index is 12.6. The molecule has 0 rings (SSSR count). The van der Waals surface area contributed by atoms with Crippen LogP contribution in [0.25, 0.3) is 0 Å². The molecule has 1 N–H and O–H groups in total. The molecule has 0 bridgehead atoms. The summed E-state index contributed by atoms with van der Waals surface area (Å²) in [5.41, 5.74) is 0. The second-order valence-corrected chi connectivity index (χ2v) is 13.1. The van der Waals surface area contributed by atoms with Gasteiger partial charge in [-0.2, -0.15) is 0 Å². The molecule has 45 heavy (non-hydrogen) atoms. The number of carbonyl (C=O) groups is 3. The van der Waals surface area contributed by atoms with Crippen molar-refractivity contribution in [3.8, 4) is 0 Å². The summed E-state index contributed by atoms with van der Waals surface area (Å²) in [6.07, 6.45) is 28.0. The van der Waals surface area contributed by atoms with Crippen molar-refractivity contribution in [3.63, 3.8) is 0 Å². The van der Waals surface area contributed by atoms with E-state index in [9.17, 15) is 19.5 Å². The summed E-state index contributed by atoms with van der Waals surface area (Å²) in [6, 6.07) is -0.615. The van der Waals surface area contributed by atoms with Crippen molar-refractivity contribution in [2.45, 2.75) is 154 Å². The second-order valence-electron chi connectivity index (χ2n) is 13.1. The van der Waals surface area contributed by atoms with Crippen LogP contribution in [0.3, 0.4) is 0 Å². The molecule has 262 valence electrons. The monoisotopic (exact) mass is 638 g/mol. The SMILES string of the molecule is CCCCC/C=C/CCCCCCCC(=O)OC(COCCC(C(=O)O)[N+](C)(C)C)COC(=O)CCC/C=C/CCCCCC. The molecule has 0 aliphatic heterocycles. The molecule has 0 aromatic rings. The Morgan fingerprint density at radius 2 is 1.13 bits per heavy atom. The van der Waals surface area contributed by atoms with Gasteiger partial charge in [0, 0.05) is 19.3 Å². The van der Waals surface area contributed by atoms with Gasteiger partial charge in [-0.3, -0.25) is 9.59 Å². The van der Waals surface area contributed by atoms with Crippen molar-refractivity contribution in [2.75, 3.05) is 41.0 Å². The molecule has 8 nitrogen and oxygen atoms in total. The largest absolute Gasteiger partial charge is 0.477 e. The standard InChI is InChI=1S/C37H67NO7/c1-6-8-10-12-14-16-17-18-20-22-24-26-28-36(40)45-33(31-43-30-29-34(37(41)42)38(3,4)5)32-44-35(39)27-25-23-21-19-15-13-11-9-7-2/h14,16,19,21,33-34H,6-13,15,17-18,20,22-32H2,1-5H3/p+1/b16-14+,21-19+. The first kappa shape index (κ1) is 42.8. The van der Waals surface area contributed by atoms with Crippen LogP contribution in [-0.4, -0.2) is 80.6 Å². The van der Waals surface area contributed by atoms with Gasteiger partial charge >= 0.3 is 17.9 Å². The summed E-state index contributed by atoms with van der Waals surface area (Å²) in [5.74, 6) is -1.53. The number of allylic oxidation sites excluding steroid dienone is 4. The number of hydrogen-bond acceptors (Lipinski definition) is 6. The molecular weight excluding hydrogens is 570 g/mol. The Morgan fingerprint density at radius 1 is 0.644 bits per heavy atom. The predicted molar refractivity (Wildman–Crippen MR) is 183 cm³/mol. The van der Waals surface area contributed by atoms with E-state index < -0.39 is 18.1 Å². The number of esters is 2. The van der Waals surface area contributed by atoms with Gasteiger partial charge < -0.3 is 23.8 Å². The van der Waals surface area contributed by atoms with Crippen LogP contribution in [0.15, 0.2) is 24.3 Å². The number of ether oxygens (including phenoxy) is 3. The van der Waals surface area contributed by atoms with Crippen LogP contribution >= 0.6 is 0 Å². The minimum absolute atomic E-state index is 0.0508. The normalized spacial score (nSPS) is 13.4. The average molecular weight is 639 g/mol. The van der Waals surface area contributed by atoms with Crippen molar-refractivity contribution in [2.24, 2.45) is 0 Å². The third-order valence-corrected chi connectivity index (χ3v) is 7.82. The van der Waals surface area contributed by atoms with Crippen molar-refractivity contribution < 1.29 is 38.2 Å². The molecule has 0 aliphatic carbocycles. The van der Waals surface area contributed by atoms with E-state index in [0.717, 1.165) is 44.9 Å². The van der Waals surface area contributed by atoms with Crippen molar-refractivity contribution >= 4 is 17.9 Å². The molecule has 0 amide bonds. The zero-order valence-corrected chi connectivity index (χ0v) is 29.6. The maximum Gasteiger partial charge on any atom is 0.362 e. The fourth-order valence-corrected chi connectivity index (χ4v) is 4.97. The molecule has 0 aliphatic rings. The number of carbonyl (C=O) groups excluding carboxylic acids is 2. The summed E-state index contributed by atoms with van der Waals surface area (Å²) >= 11 is 0. The van der Waals surface area contributed by atoms with Crippen molar-refractivity contribution in [1.29, 1.82) is 0 Å². The molecular formula is C37H68NO7+. The summed E-state index contributed by atoms with van der Waals surface area (Å²) in [7, 11) is 5.50. The van der Waals surface area contributed by atoms with Crippen molar-refractivity contribution in [1.82, 2.24) is 0 Å². The van der Waals surface area contributed by atoms with Gasteiger partial charge in [0.1, 0.15) is 6.61 Å². The van der Waals surface area contributed by atoms with E-state index >= 15 is 0 Å². The van der Waals surface area contributed by atoms with E-state index in [2.05, 4.69) is 38.2 Å². The van der Waals surface area contributed by atoms with E-state index in [1.807, 2.05) is 21.1 Å². The maximum absolute atomic E-state index is 12.6. The third-order valence-electron chi connectivity index (χ3n) is 7.82. The highest BCUT2D eigenvalue weighted by atomic mass is 16.6. The van der Waals surface area contributed by atoms with E-state index in [4.69, 9.17) is 14.2 Å². The number of carboxylic acid groups (broad SMARTS) is 1. The lowest BCUT2D eigenvalue weighted by atomic mass is 10.1. The zero-order chi connectivity index (χ0) is 33.6. The van der Waals surface area contributed by atoms with E-state index in [0.29, 0.717) is 25.7 Å². The van der Waals surface area contributed by atoms with Gasteiger partial charge in [0.15, 0.2) is 12.1 Å². The minimum Gasteiger partial charge on any atom is -0.477 e. The molecule has 0 heterocycles. The lowest BCUT2D eigenvalue weighted by molar-refractivity contribution is -0.887. The first-order valence-corrected chi connectivity index (χ1v) is 17.9. The Hall–Kier alpha value is -2.19. The molecule has 0 spiro atoms. The van der Waals surface area contributed by atoms with Crippen LogP contribution in [0.4, 0.5) is 0 Å². The summed E-state index contributed by atoms with van der Waals surface area (Å²) in [4.78, 5) is 36.6. The number of aliphatic carboxylic acids is 1. The number of hydrogen-bond donors (Lipinski definition) is 1. The quantitative estimate of drug-likeness (QED) is 0.0351. The Kier molecular flexibility index (Phi) is 27.8. The lowest BCUT2D eigenvalue weighted by Crippen LogP contribution is -2.50. The zero-order valence-electron chi connectivity index (χ0n) is 29.6. The number of nitrogens with zero attached hydrogens (tertiary/aromatic N) is 1. The Balaban J connectivity index is 4.51. The topological polar surface area (TPSA) is 99.1 Å². The van der Waals surface area contributed by atoms with Gasteiger partial charge in [-0.25, -0.2) is 4.79 Å². The molecule has 0 aromatic carbocycles. The van der Waals surface area contributed by atoms with Gasteiger partial charge in [-0.15, -0.1) is 0 Å². The smallest absolute Gasteiger partial charge is 0.362 e. The Morgan fingerprint density at radius 3 is 1.71 bits per heavy atom. The van der Waals surface area contributed by atoms with Gasteiger partial charge in [-0.05, 0) is 57.8 Å².